The first kappa shape index (κ1) is 29.2. The van der Waals surface area contributed by atoms with Gasteiger partial charge in [0, 0.05) is 21.9 Å². The zero-order valence-corrected chi connectivity index (χ0v) is 27.6. The Labute approximate surface area is 295 Å². The molecule has 0 aliphatic carbocycles. The molecular weight excluding hydrogens is 623 g/mol. The fourth-order valence-corrected chi connectivity index (χ4v) is 7.39. The molecule has 0 amide bonds. The van der Waals surface area contributed by atoms with Crippen molar-refractivity contribution in [1.29, 1.82) is 0 Å². The molecule has 0 spiro atoms. The standard InChI is InChI=1S/C47H31N3O/c1-3-11-30(12-4-1)33-16-9-17-37(28-33)46-48-45(32-14-5-2-6-15-32)49-47(50-46)40-19-10-20-43-44(40)41-29-35(24-26-42(41)51-43)34-23-25-39-36(27-34)22-21-31-13-7-8-18-38(31)39/h1-29,46H,(H,48,49,50). The highest BCUT2D eigenvalue weighted by Gasteiger charge is 2.24. The lowest BCUT2D eigenvalue weighted by molar-refractivity contribution is 0.668. The van der Waals surface area contributed by atoms with E-state index in [1.54, 1.807) is 0 Å². The summed E-state index contributed by atoms with van der Waals surface area (Å²) >= 11 is 0. The van der Waals surface area contributed by atoms with E-state index in [-0.39, 0.29) is 6.17 Å². The Morgan fingerprint density at radius 3 is 2.02 bits per heavy atom. The topological polar surface area (TPSA) is 49.9 Å². The van der Waals surface area contributed by atoms with Crippen molar-refractivity contribution in [3.05, 3.63) is 193 Å². The zero-order chi connectivity index (χ0) is 33.7. The van der Waals surface area contributed by atoms with Crippen LogP contribution in [-0.4, -0.2) is 11.7 Å². The number of nitrogens with one attached hydrogen (secondary N) is 1. The highest BCUT2D eigenvalue weighted by molar-refractivity contribution is 6.22. The van der Waals surface area contributed by atoms with Crippen LogP contribution in [0, 0.1) is 0 Å². The molecule has 1 aliphatic heterocycles. The Balaban J connectivity index is 1.12. The number of amidine groups is 2. The maximum absolute atomic E-state index is 6.46. The fraction of sp³-hybridized carbons (Fsp3) is 0.0213. The summed E-state index contributed by atoms with van der Waals surface area (Å²) in [5, 5.41) is 10.7. The van der Waals surface area contributed by atoms with E-state index in [1.165, 1.54) is 27.1 Å². The lowest BCUT2D eigenvalue weighted by Crippen LogP contribution is -2.33. The van der Waals surface area contributed by atoms with Crippen molar-refractivity contribution < 1.29 is 4.42 Å². The van der Waals surface area contributed by atoms with Gasteiger partial charge in [-0.3, -0.25) is 0 Å². The van der Waals surface area contributed by atoms with Crippen LogP contribution in [0.2, 0.25) is 0 Å². The number of benzene rings is 8. The van der Waals surface area contributed by atoms with Crippen molar-refractivity contribution in [1.82, 2.24) is 5.32 Å². The summed E-state index contributed by atoms with van der Waals surface area (Å²) in [6, 6.07) is 61.7. The van der Waals surface area contributed by atoms with Crippen LogP contribution < -0.4 is 5.32 Å². The quantitative estimate of drug-likeness (QED) is 0.188. The van der Waals surface area contributed by atoms with E-state index in [4.69, 9.17) is 14.4 Å². The highest BCUT2D eigenvalue weighted by atomic mass is 16.3. The van der Waals surface area contributed by atoms with Gasteiger partial charge in [0.2, 0.25) is 0 Å². The molecule has 240 valence electrons. The highest BCUT2D eigenvalue weighted by Crippen LogP contribution is 2.37. The van der Waals surface area contributed by atoms with Crippen LogP contribution in [0.3, 0.4) is 0 Å². The molecule has 0 radical (unpaired) electrons. The normalized spacial score (nSPS) is 14.5. The smallest absolute Gasteiger partial charge is 0.160 e. The molecule has 10 rings (SSSR count). The summed E-state index contributed by atoms with van der Waals surface area (Å²) in [7, 11) is 0. The average molecular weight is 654 g/mol. The molecule has 0 fully saturated rings. The van der Waals surface area contributed by atoms with Gasteiger partial charge in [0.25, 0.3) is 0 Å². The van der Waals surface area contributed by atoms with Gasteiger partial charge in [-0.2, -0.15) is 0 Å². The Morgan fingerprint density at radius 1 is 0.451 bits per heavy atom. The molecule has 1 unspecified atom stereocenters. The minimum absolute atomic E-state index is 0.339. The van der Waals surface area contributed by atoms with Crippen molar-refractivity contribution in [3.63, 3.8) is 0 Å². The number of hydrogen-bond acceptors (Lipinski definition) is 4. The van der Waals surface area contributed by atoms with Crippen LogP contribution in [0.25, 0.3) is 65.7 Å². The van der Waals surface area contributed by atoms with E-state index in [0.29, 0.717) is 5.84 Å². The summed E-state index contributed by atoms with van der Waals surface area (Å²) in [6.07, 6.45) is -0.339. The van der Waals surface area contributed by atoms with E-state index in [2.05, 4.69) is 145 Å². The molecule has 2 heterocycles. The molecule has 8 aromatic carbocycles. The van der Waals surface area contributed by atoms with Gasteiger partial charge in [0.1, 0.15) is 23.2 Å². The molecular formula is C47H31N3O. The van der Waals surface area contributed by atoms with Gasteiger partial charge in [0.05, 0.1) is 0 Å². The van der Waals surface area contributed by atoms with E-state index in [0.717, 1.165) is 61.2 Å². The molecule has 1 N–H and O–H groups in total. The third kappa shape index (κ3) is 5.17. The van der Waals surface area contributed by atoms with E-state index in [9.17, 15) is 0 Å². The predicted octanol–water partition coefficient (Wildman–Crippen LogP) is 11.7. The summed E-state index contributed by atoms with van der Waals surface area (Å²) in [6.45, 7) is 0. The third-order valence-corrected chi connectivity index (χ3v) is 9.91. The molecule has 4 nitrogen and oxygen atoms in total. The van der Waals surface area contributed by atoms with Crippen LogP contribution >= 0.6 is 0 Å². The molecule has 1 atom stereocenters. The Kier molecular flexibility index (Phi) is 6.85. The maximum atomic E-state index is 6.46. The summed E-state index contributed by atoms with van der Waals surface area (Å²) in [4.78, 5) is 10.5. The van der Waals surface area contributed by atoms with Crippen molar-refractivity contribution in [2.75, 3.05) is 0 Å². The number of furan rings is 1. The van der Waals surface area contributed by atoms with Crippen LogP contribution in [0.4, 0.5) is 0 Å². The summed E-state index contributed by atoms with van der Waals surface area (Å²) in [5.74, 6) is 1.45. The Morgan fingerprint density at radius 2 is 1.14 bits per heavy atom. The number of nitrogens with zero attached hydrogens (tertiary/aromatic N) is 2. The minimum Gasteiger partial charge on any atom is -0.456 e. The van der Waals surface area contributed by atoms with E-state index < -0.39 is 0 Å². The average Bonchev–Trinajstić information content (AvgIpc) is 3.59. The summed E-state index contributed by atoms with van der Waals surface area (Å²) in [5.41, 5.74) is 9.26. The second kappa shape index (κ2) is 12.0. The van der Waals surface area contributed by atoms with E-state index >= 15 is 0 Å². The van der Waals surface area contributed by atoms with Crippen LogP contribution in [0.5, 0.6) is 0 Å². The van der Waals surface area contributed by atoms with Gasteiger partial charge in [0.15, 0.2) is 5.84 Å². The number of rotatable bonds is 5. The largest absolute Gasteiger partial charge is 0.456 e. The SMILES string of the molecule is c1ccc(C2=NC(c3cccc4oc5ccc(-c6ccc7c(ccc8ccccc87)c6)cc5c34)=NC(c3cccc(-c4ccccc4)c3)N2)cc1. The van der Waals surface area contributed by atoms with Gasteiger partial charge in [-0.05, 0) is 79.7 Å². The predicted molar refractivity (Wildman–Crippen MR) is 211 cm³/mol. The van der Waals surface area contributed by atoms with Gasteiger partial charge in [-0.15, -0.1) is 0 Å². The molecule has 51 heavy (non-hydrogen) atoms. The first-order valence-electron chi connectivity index (χ1n) is 17.3. The minimum atomic E-state index is -0.339. The monoisotopic (exact) mass is 653 g/mol. The van der Waals surface area contributed by atoms with Crippen LogP contribution in [0.1, 0.15) is 22.9 Å². The van der Waals surface area contributed by atoms with Gasteiger partial charge in [-0.1, -0.05) is 146 Å². The van der Waals surface area contributed by atoms with Crippen molar-refractivity contribution in [3.8, 4) is 22.3 Å². The van der Waals surface area contributed by atoms with Crippen LogP contribution in [0.15, 0.2) is 190 Å². The lowest BCUT2D eigenvalue weighted by Gasteiger charge is -2.24. The second-order valence-corrected chi connectivity index (χ2v) is 13.0. The first-order chi connectivity index (χ1) is 25.2. The Bertz CT molecular complexity index is 2830. The van der Waals surface area contributed by atoms with Crippen LogP contribution in [-0.2, 0) is 0 Å². The Hall–Kier alpha value is -6.78. The molecule has 0 saturated carbocycles. The van der Waals surface area contributed by atoms with Gasteiger partial charge >= 0.3 is 0 Å². The first-order valence-corrected chi connectivity index (χ1v) is 17.3. The molecule has 0 saturated heterocycles. The molecule has 4 heteroatoms. The molecule has 1 aliphatic rings. The maximum Gasteiger partial charge on any atom is 0.160 e. The van der Waals surface area contributed by atoms with Crippen molar-refractivity contribution >= 4 is 55.2 Å². The lowest BCUT2D eigenvalue weighted by atomic mass is 9.96. The number of aliphatic imine (C=N–C) groups is 2. The fourth-order valence-electron chi connectivity index (χ4n) is 7.39. The molecule has 1 aromatic heterocycles. The van der Waals surface area contributed by atoms with Crippen molar-refractivity contribution in [2.24, 2.45) is 9.98 Å². The van der Waals surface area contributed by atoms with Crippen molar-refractivity contribution in [2.45, 2.75) is 6.17 Å². The second-order valence-electron chi connectivity index (χ2n) is 13.0. The zero-order valence-electron chi connectivity index (χ0n) is 27.6. The third-order valence-electron chi connectivity index (χ3n) is 9.91. The molecule has 9 aromatic rings. The van der Waals surface area contributed by atoms with Gasteiger partial charge < -0.3 is 9.73 Å². The summed E-state index contributed by atoms with van der Waals surface area (Å²) < 4.78 is 6.46. The number of fused-ring (bicyclic) bond motifs is 6. The number of hydrogen-bond donors (Lipinski definition) is 1. The molecule has 0 bridgehead atoms. The van der Waals surface area contributed by atoms with E-state index in [1.807, 2.05) is 36.4 Å². The van der Waals surface area contributed by atoms with Gasteiger partial charge in [-0.25, -0.2) is 9.98 Å².